The number of methoxy groups -OCH3 is 1. The van der Waals surface area contributed by atoms with Gasteiger partial charge in [0.2, 0.25) is 11.8 Å². The molecular weight excluding hydrogens is 505 g/mol. The van der Waals surface area contributed by atoms with E-state index in [2.05, 4.69) is 25.4 Å². The molecular formula is C23H28ClF3N4O5. The summed E-state index contributed by atoms with van der Waals surface area (Å²) in [6.07, 6.45) is -4.14. The van der Waals surface area contributed by atoms with Gasteiger partial charge >= 0.3 is 12.3 Å². The van der Waals surface area contributed by atoms with Gasteiger partial charge in [-0.05, 0) is 37.1 Å². The third-order valence-electron chi connectivity index (χ3n) is 4.68. The summed E-state index contributed by atoms with van der Waals surface area (Å²) in [7, 11) is 1.14. The zero-order chi connectivity index (χ0) is 25.8. The van der Waals surface area contributed by atoms with E-state index in [0.717, 1.165) is 7.11 Å². The van der Waals surface area contributed by atoms with Gasteiger partial charge in [0.05, 0.1) is 18.5 Å². The average Bonchev–Trinajstić information content (AvgIpc) is 2.80. The lowest BCUT2D eigenvalue weighted by Crippen LogP contribution is -2.43. The molecule has 5 N–H and O–H groups in total. The summed E-state index contributed by atoms with van der Waals surface area (Å²) < 4.78 is 46.3. The summed E-state index contributed by atoms with van der Waals surface area (Å²) in [6, 6.07) is 11.3. The van der Waals surface area contributed by atoms with Gasteiger partial charge in [0.1, 0.15) is 11.8 Å². The number of carbonyl (C=O) groups is 3. The topological polar surface area (TPSA) is 132 Å². The molecule has 0 heterocycles. The molecule has 0 saturated carbocycles. The number of nitrogens with one attached hydrogen (secondary N) is 3. The number of hydrogen-bond acceptors (Lipinski definition) is 6. The molecule has 0 fully saturated rings. The molecule has 2 rings (SSSR count). The zero-order valence-electron chi connectivity index (χ0n) is 19.4. The molecule has 0 radical (unpaired) electrons. The second-order valence-corrected chi connectivity index (χ2v) is 7.49. The molecule has 1 atom stereocenters. The Morgan fingerprint density at radius 3 is 2.42 bits per heavy atom. The van der Waals surface area contributed by atoms with E-state index >= 15 is 0 Å². The quantitative estimate of drug-likeness (QED) is 0.249. The first-order valence-corrected chi connectivity index (χ1v) is 10.7. The van der Waals surface area contributed by atoms with Crippen molar-refractivity contribution in [2.75, 3.05) is 30.1 Å². The van der Waals surface area contributed by atoms with Crippen LogP contribution in [-0.4, -0.2) is 43.8 Å². The SMILES string of the molecule is COC(=O)NC(CCCCC(=O)Nc1ccccc1N)C(=O)Nc1cccc(OCC(F)(F)F)c1.Cl. The predicted molar refractivity (Wildman–Crippen MR) is 131 cm³/mol. The lowest BCUT2D eigenvalue weighted by molar-refractivity contribution is -0.153. The number of ether oxygens (including phenoxy) is 2. The van der Waals surface area contributed by atoms with E-state index in [1.165, 1.54) is 24.3 Å². The fourth-order valence-electron chi connectivity index (χ4n) is 2.99. The fourth-order valence-corrected chi connectivity index (χ4v) is 2.99. The van der Waals surface area contributed by atoms with Crippen molar-refractivity contribution >= 4 is 47.4 Å². The summed E-state index contributed by atoms with van der Waals surface area (Å²) in [4.78, 5) is 36.5. The van der Waals surface area contributed by atoms with E-state index in [1.807, 2.05) is 0 Å². The summed E-state index contributed by atoms with van der Waals surface area (Å²) in [5, 5.41) is 7.65. The molecule has 1 unspecified atom stereocenters. The van der Waals surface area contributed by atoms with Crippen molar-refractivity contribution in [3.63, 3.8) is 0 Å². The van der Waals surface area contributed by atoms with Crippen molar-refractivity contribution in [3.05, 3.63) is 48.5 Å². The molecule has 0 bridgehead atoms. The number of alkyl carbamates (subject to hydrolysis) is 1. The number of anilines is 3. The third kappa shape index (κ3) is 11.2. The van der Waals surface area contributed by atoms with E-state index < -0.39 is 30.8 Å². The first-order valence-electron chi connectivity index (χ1n) is 10.7. The number of unbranched alkanes of at least 4 members (excludes halogenated alkanes) is 1. The van der Waals surface area contributed by atoms with Gasteiger partial charge in [-0.1, -0.05) is 24.6 Å². The van der Waals surface area contributed by atoms with Crippen molar-refractivity contribution in [3.8, 4) is 5.75 Å². The summed E-state index contributed by atoms with van der Waals surface area (Å²) >= 11 is 0. The molecule has 36 heavy (non-hydrogen) atoms. The van der Waals surface area contributed by atoms with Gasteiger partial charge in [-0.25, -0.2) is 4.79 Å². The molecule has 13 heteroatoms. The van der Waals surface area contributed by atoms with Crippen LogP contribution in [0.5, 0.6) is 5.75 Å². The number of amides is 3. The van der Waals surface area contributed by atoms with Crippen molar-refractivity contribution < 1.29 is 37.0 Å². The minimum Gasteiger partial charge on any atom is -0.484 e. The van der Waals surface area contributed by atoms with Crippen LogP contribution in [0.1, 0.15) is 25.7 Å². The number of nitrogen functional groups attached to an aromatic ring is 1. The maximum atomic E-state index is 12.7. The minimum atomic E-state index is -4.50. The molecule has 3 amide bonds. The number of para-hydroxylation sites is 2. The molecule has 0 aliphatic rings. The molecule has 2 aromatic rings. The largest absolute Gasteiger partial charge is 0.484 e. The van der Waals surface area contributed by atoms with Gasteiger partial charge in [0, 0.05) is 18.2 Å². The number of nitrogens with two attached hydrogens (primary N) is 1. The fraction of sp³-hybridized carbons (Fsp3) is 0.348. The second kappa shape index (κ2) is 14.7. The van der Waals surface area contributed by atoms with E-state index in [4.69, 9.17) is 5.73 Å². The second-order valence-electron chi connectivity index (χ2n) is 7.49. The van der Waals surface area contributed by atoms with Crippen molar-refractivity contribution in [1.82, 2.24) is 5.32 Å². The Kier molecular flexibility index (Phi) is 12.4. The first-order chi connectivity index (χ1) is 16.6. The molecule has 2 aromatic carbocycles. The molecule has 198 valence electrons. The van der Waals surface area contributed by atoms with Crippen LogP contribution < -0.4 is 26.4 Å². The Hall–Kier alpha value is -3.67. The van der Waals surface area contributed by atoms with E-state index in [1.54, 1.807) is 24.3 Å². The highest BCUT2D eigenvalue weighted by Gasteiger charge is 2.28. The van der Waals surface area contributed by atoms with Crippen LogP contribution in [0.3, 0.4) is 0 Å². The van der Waals surface area contributed by atoms with Gasteiger partial charge in [0.15, 0.2) is 6.61 Å². The van der Waals surface area contributed by atoms with Crippen LogP contribution >= 0.6 is 12.4 Å². The summed E-state index contributed by atoms with van der Waals surface area (Å²) in [5.41, 5.74) is 6.92. The maximum absolute atomic E-state index is 12.7. The number of halogens is 4. The number of rotatable bonds is 11. The van der Waals surface area contributed by atoms with Crippen LogP contribution in [-0.2, 0) is 14.3 Å². The maximum Gasteiger partial charge on any atom is 0.422 e. The Morgan fingerprint density at radius 2 is 1.75 bits per heavy atom. The van der Waals surface area contributed by atoms with Crippen LogP contribution in [0.4, 0.5) is 35.0 Å². The van der Waals surface area contributed by atoms with Crippen LogP contribution in [0.15, 0.2) is 48.5 Å². The summed E-state index contributed by atoms with van der Waals surface area (Å²) in [5.74, 6) is -0.937. The number of carbonyl (C=O) groups excluding carboxylic acids is 3. The standard InChI is InChI=1S/C23H27F3N4O5.ClH/c1-34-22(33)30-19(11-4-5-12-20(31)29-18-10-3-2-9-17(18)27)21(32)28-15-7-6-8-16(13-15)35-14-23(24,25)26;/h2-3,6-10,13,19H,4-5,11-12,14,27H2,1H3,(H,28,32)(H,29,31)(H,30,33);1H. The highest BCUT2D eigenvalue weighted by atomic mass is 35.5. The number of hydrogen-bond donors (Lipinski definition) is 4. The lowest BCUT2D eigenvalue weighted by atomic mass is 10.1. The van der Waals surface area contributed by atoms with Gasteiger partial charge in [0.25, 0.3) is 0 Å². The molecule has 0 aliphatic heterocycles. The van der Waals surface area contributed by atoms with Crippen LogP contribution in [0.25, 0.3) is 0 Å². The zero-order valence-corrected chi connectivity index (χ0v) is 20.2. The van der Waals surface area contributed by atoms with Gasteiger partial charge in [-0.3, -0.25) is 9.59 Å². The predicted octanol–water partition coefficient (Wildman–Crippen LogP) is 4.49. The Balaban J connectivity index is 0.00000648. The molecule has 0 aliphatic carbocycles. The normalized spacial score (nSPS) is 11.4. The van der Waals surface area contributed by atoms with Crippen molar-refractivity contribution in [2.24, 2.45) is 0 Å². The first kappa shape index (κ1) is 30.4. The molecule has 0 aromatic heterocycles. The van der Waals surface area contributed by atoms with Gasteiger partial charge < -0.3 is 31.2 Å². The smallest absolute Gasteiger partial charge is 0.422 e. The summed E-state index contributed by atoms with van der Waals surface area (Å²) in [6.45, 7) is -1.47. The van der Waals surface area contributed by atoms with Gasteiger partial charge in [-0.15, -0.1) is 12.4 Å². The monoisotopic (exact) mass is 532 g/mol. The number of benzene rings is 2. The van der Waals surface area contributed by atoms with Crippen LogP contribution in [0, 0.1) is 0 Å². The van der Waals surface area contributed by atoms with E-state index in [0.29, 0.717) is 24.2 Å². The molecule has 9 nitrogen and oxygen atoms in total. The minimum absolute atomic E-state index is 0. The Bertz CT molecular complexity index is 1020. The van der Waals surface area contributed by atoms with E-state index in [9.17, 15) is 27.6 Å². The lowest BCUT2D eigenvalue weighted by Gasteiger charge is -2.18. The van der Waals surface area contributed by atoms with Gasteiger partial charge in [-0.2, -0.15) is 13.2 Å². The highest BCUT2D eigenvalue weighted by molar-refractivity contribution is 5.96. The molecule has 0 spiro atoms. The van der Waals surface area contributed by atoms with Crippen molar-refractivity contribution in [1.29, 1.82) is 0 Å². The third-order valence-corrected chi connectivity index (χ3v) is 4.68. The Morgan fingerprint density at radius 1 is 1.03 bits per heavy atom. The average molecular weight is 533 g/mol. The highest BCUT2D eigenvalue weighted by Crippen LogP contribution is 2.22. The van der Waals surface area contributed by atoms with E-state index in [-0.39, 0.29) is 42.6 Å². The van der Waals surface area contributed by atoms with Crippen LogP contribution in [0.2, 0.25) is 0 Å². The van der Waals surface area contributed by atoms with Crippen molar-refractivity contribution in [2.45, 2.75) is 37.9 Å². The Labute approximate surface area is 212 Å². The molecule has 0 saturated heterocycles. The number of alkyl halides is 3.